The van der Waals surface area contributed by atoms with Crippen molar-refractivity contribution in [1.29, 1.82) is 0 Å². The Kier molecular flexibility index (Phi) is 4.64. The van der Waals surface area contributed by atoms with E-state index in [4.69, 9.17) is 9.72 Å². The lowest BCUT2D eigenvalue weighted by Crippen LogP contribution is -2.14. The van der Waals surface area contributed by atoms with Gasteiger partial charge >= 0.3 is 0 Å². The smallest absolute Gasteiger partial charge is 0.263 e. The summed E-state index contributed by atoms with van der Waals surface area (Å²) in [6.45, 7) is 2.68. The SMILES string of the molecule is CCCn1nc(NS(=O)(=O)c2ccc(OC)cc2)c2cc3ccccc3nc21. The summed E-state index contributed by atoms with van der Waals surface area (Å²) < 4.78 is 35.2. The van der Waals surface area contributed by atoms with Crippen LogP contribution in [0.2, 0.25) is 0 Å². The lowest BCUT2D eigenvalue weighted by atomic mass is 10.2. The number of nitrogens with one attached hydrogen (secondary N) is 1. The van der Waals surface area contributed by atoms with Crippen molar-refractivity contribution >= 4 is 37.8 Å². The number of hydrogen-bond donors (Lipinski definition) is 1. The summed E-state index contributed by atoms with van der Waals surface area (Å²) in [5, 5.41) is 6.08. The number of fused-ring (bicyclic) bond motifs is 2. The maximum Gasteiger partial charge on any atom is 0.263 e. The van der Waals surface area contributed by atoms with Crippen LogP contribution in [0.25, 0.3) is 21.9 Å². The topological polar surface area (TPSA) is 86.1 Å². The summed E-state index contributed by atoms with van der Waals surface area (Å²) in [5.74, 6) is 0.866. The van der Waals surface area contributed by atoms with E-state index in [0.29, 0.717) is 23.3 Å². The summed E-state index contributed by atoms with van der Waals surface area (Å²) in [5.41, 5.74) is 1.50. The molecule has 4 rings (SSSR count). The molecule has 0 aliphatic rings. The molecule has 0 amide bonds. The third kappa shape index (κ3) is 3.27. The van der Waals surface area contributed by atoms with Crippen molar-refractivity contribution in [3.63, 3.8) is 0 Å². The molecule has 0 atom stereocenters. The maximum absolute atomic E-state index is 12.9. The normalized spacial score (nSPS) is 11.8. The van der Waals surface area contributed by atoms with Crippen LogP contribution < -0.4 is 9.46 Å². The molecule has 7 nitrogen and oxygen atoms in total. The second-order valence-electron chi connectivity index (χ2n) is 6.41. The second kappa shape index (κ2) is 7.12. The Morgan fingerprint density at radius 1 is 1.11 bits per heavy atom. The first-order chi connectivity index (χ1) is 13.5. The number of hydrogen-bond acceptors (Lipinski definition) is 5. The molecule has 4 aromatic rings. The minimum atomic E-state index is -3.79. The zero-order valence-electron chi connectivity index (χ0n) is 15.6. The first-order valence-corrected chi connectivity index (χ1v) is 10.4. The molecule has 28 heavy (non-hydrogen) atoms. The van der Waals surface area contributed by atoms with Crippen molar-refractivity contribution in [2.75, 3.05) is 11.8 Å². The van der Waals surface area contributed by atoms with Crippen LogP contribution in [0, 0.1) is 0 Å². The Morgan fingerprint density at radius 2 is 1.86 bits per heavy atom. The van der Waals surface area contributed by atoms with Gasteiger partial charge in [-0.25, -0.2) is 18.1 Å². The molecule has 144 valence electrons. The van der Waals surface area contributed by atoms with Crippen LogP contribution in [-0.4, -0.2) is 30.3 Å². The molecular weight excluding hydrogens is 376 g/mol. The summed E-state index contributed by atoms with van der Waals surface area (Å²) in [7, 11) is -2.26. The molecule has 2 aromatic heterocycles. The van der Waals surface area contributed by atoms with E-state index in [2.05, 4.69) is 9.82 Å². The number of para-hydroxylation sites is 1. The number of benzene rings is 2. The van der Waals surface area contributed by atoms with Gasteiger partial charge in [0.2, 0.25) is 0 Å². The Balaban J connectivity index is 1.81. The highest BCUT2D eigenvalue weighted by atomic mass is 32.2. The van der Waals surface area contributed by atoms with Crippen LogP contribution in [0.5, 0.6) is 5.75 Å². The number of rotatable bonds is 6. The number of pyridine rings is 1. The van der Waals surface area contributed by atoms with Crippen LogP contribution in [-0.2, 0) is 16.6 Å². The van der Waals surface area contributed by atoms with Gasteiger partial charge in [-0.1, -0.05) is 25.1 Å². The van der Waals surface area contributed by atoms with Crippen molar-refractivity contribution in [3.8, 4) is 5.75 Å². The van der Waals surface area contributed by atoms with E-state index in [1.165, 1.54) is 19.2 Å². The van der Waals surface area contributed by atoms with Crippen molar-refractivity contribution in [3.05, 3.63) is 54.6 Å². The van der Waals surface area contributed by atoms with Gasteiger partial charge in [0, 0.05) is 11.9 Å². The molecule has 0 saturated carbocycles. The number of sulfonamides is 1. The molecular formula is C20H20N4O3S. The zero-order valence-corrected chi connectivity index (χ0v) is 16.4. The lowest BCUT2D eigenvalue weighted by molar-refractivity contribution is 0.414. The van der Waals surface area contributed by atoms with E-state index in [0.717, 1.165) is 17.3 Å². The van der Waals surface area contributed by atoms with Gasteiger partial charge in [0.15, 0.2) is 11.5 Å². The molecule has 1 N–H and O–H groups in total. The van der Waals surface area contributed by atoms with Crippen LogP contribution in [0.4, 0.5) is 5.82 Å². The summed E-state index contributed by atoms with van der Waals surface area (Å²) in [6, 6.07) is 15.9. The van der Waals surface area contributed by atoms with Gasteiger partial charge in [-0.05, 0) is 42.8 Å². The molecule has 0 fully saturated rings. The van der Waals surface area contributed by atoms with Crippen molar-refractivity contribution in [2.24, 2.45) is 0 Å². The van der Waals surface area contributed by atoms with Crippen molar-refractivity contribution < 1.29 is 13.2 Å². The summed E-state index contributed by atoms with van der Waals surface area (Å²) >= 11 is 0. The Labute approximate surface area is 163 Å². The van der Waals surface area contributed by atoms with Crippen LogP contribution in [0.15, 0.2) is 59.5 Å². The van der Waals surface area contributed by atoms with E-state index in [1.54, 1.807) is 16.8 Å². The molecule has 0 spiro atoms. The van der Waals surface area contributed by atoms with Gasteiger partial charge in [-0.15, -0.1) is 0 Å². The van der Waals surface area contributed by atoms with E-state index < -0.39 is 10.0 Å². The van der Waals surface area contributed by atoms with E-state index in [9.17, 15) is 8.42 Å². The van der Waals surface area contributed by atoms with E-state index in [1.807, 2.05) is 37.3 Å². The van der Waals surface area contributed by atoms with Gasteiger partial charge in [-0.2, -0.15) is 5.10 Å². The average Bonchev–Trinajstić information content (AvgIpc) is 3.02. The molecule has 2 aromatic carbocycles. The predicted molar refractivity (Wildman–Crippen MR) is 109 cm³/mol. The summed E-state index contributed by atoms with van der Waals surface area (Å²) in [6.07, 6.45) is 0.857. The van der Waals surface area contributed by atoms with E-state index in [-0.39, 0.29) is 10.7 Å². The average molecular weight is 396 g/mol. The fourth-order valence-corrected chi connectivity index (χ4v) is 4.10. The number of aryl methyl sites for hydroxylation is 1. The van der Waals surface area contributed by atoms with Crippen LogP contribution in [0.1, 0.15) is 13.3 Å². The molecule has 2 heterocycles. The van der Waals surface area contributed by atoms with Crippen molar-refractivity contribution in [2.45, 2.75) is 24.8 Å². The monoisotopic (exact) mass is 396 g/mol. The maximum atomic E-state index is 12.9. The molecule has 0 saturated heterocycles. The second-order valence-corrected chi connectivity index (χ2v) is 8.09. The Morgan fingerprint density at radius 3 is 2.57 bits per heavy atom. The van der Waals surface area contributed by atoms with Crippen LogP contribution in [0.3, 0.4) is 0 Å². The predicted octanol–water partition coefficient (Wildman–Crippen LogP) is 3.80. The number of nitrogens with zero attached hydrogens (tertiary/aromatic N) is 3. The van der Waals surface area contributed by atoms with Gasteiger partial charge in [0.1, 0.15) is 5.75 Å². The first kappa shape index (κ1) is 18.2. The third-order valence-corrected chi connectivity index (χ3v) is 5.82. The fraction of sp³-hybridized carbons (Fsp3) is 0.200. The number of methoxy groups -OCH3 is 1. The van der Waals surface area contributed by atoms with Gasteiger partial charge < -0.3 is 4.74 Å². The highest BCUT2D eigenvalue weighted by Crippen LogP contribution is 2.28. The van der Waals surface area contributed by atoms with Gasteiger partial charge in [0.05, 0.1) is 22.9 Å². The molecule has 0 bridgehead atoms. The van der Waals surface area contributed by atoms with Crippen molar-refractivity contribution in [1.82, 2.24) is 14.8 Å². The third-order valence-electron chi connectivity index (χ3n) is 4.46. The van der Waals surface area contributed by atoms with Gasteiger partial charge in [0.25, 0.3) is 10.0 Å². The first-order valence-electron chi connectivity index (χ1n) is 8.95. The Hall–Kier alpha value is -3.13. The molecule has 0 unspecified atom stereocenters. The Bertz CT molecular complexity index is 1250. The zero-order chi connectivity index (χ0) is 19.7. The molecule has 0 radical (unpaired) electrons. The molecule has 0 aliphatic carbocycles. The van der Waals surface area contributed by atoms with Gasteiger partial charge in [-0.3, -0.25) is 4.72 Å². The quantitative estimate of drug-likeness (QED) is 0.536. The number of ether oxygens (including phenoxy) is 1. The molecule has 0 aliphatic heterocycles. The highest BCUT2D eigenvalue weighted by molar-refractivity contribution is 7.92. The summed E-state index contributed by atoms with van der Waals surface area (Å²) in [4.78, 5) is 4.83. The van der Waals surface area contributed by atoms with E-state index >= 15 is 0 Å². The standard InChI is InChI=1S/C20H20N4O3S/c1-3-12-24-20-17(13-14-6-4-5-7-18(14)21-20)19(22-24)23-28(25,26)16-10-8-15(27-2)9-11-16/h4-11,13H,3,12H2,1-2H3,(H,22,23). The minimum absolute atomic E-state index is 0.139. The lowest BCUT2D eigenvalue weighted by Gasteiger charge is -2.07. The minimum Gasteiger partial charge on any atom is -0.497 e. The fourth-order valence-electron chi connectivity index (χ4n) is 3.08. The van der Waals surface area contributed by atoms with Crippen LogP contribution >= 0.6 is 0 Å². The number of aromatic nitrogens is 3. The largest absolute Gasteiger partial charge is 0.497 e. The number of anilines is 1. The molecule has 8 heteroatoms. The highest BCUT2D eigenvalue weighted by Gasteiger charge is 2.20.